The zero-order valence-corrected chi connectivity index (χ0v) is 14.4. The molecule has 0 amide bonds. The Kier molecular flexibility index (Phi) is 4.39. The molecule has 0 bridgehead atoms. The van der Waals surface area contributed by atoms with Gasteiger partial charge in [0, 0.05) is 37.9 Å². The van der Waals surface area contributed by atoms with E-state index in [0.717, 1.165) is 43.9 Å². The lowest BCUT2D eigenvalue weighted by Gasteiger charge is -2.23. The summed E-state index contributed by atoms with van der Waals surface area (Å²) in [5.41, 5.74) is 2.01. The molecule has 2 aliphatic heterocycles. The van der Waals surface area contributed by atoms with Gasteiger partial charge in [0.2, 0.25) is 0 Å². The highest BCUT2D eigenvalue weighted by Crippen LogP contribution is 2.36. The van der Waals surface area contributed by atoms with Gasteiger partial charge in [-0.3, -0.25) is 9.88 Å². The summed E-state index contributed by atoms with van der Waals surface area (Å²) in [6.07, 6.45) is 3.48. The molecule has 0 saturated carbocycles. The van der Waals surface area contributed by atoms with Crippen LogP contribution in [0.3, 0.4) is 0 Å². The lowest BCUT2D eigenvalue weighted by atomic mass is 9.97. The van der Waals surface area contributed by atoms with Crippen LogP contribution in [0.4, 0.5) is 10.2 Å². The average molecular weight is 342 g/mol. The molecule has 1 spiro atoms. The van der Waals surface area contributed by atoms with Crippen molar-refractivity contribution >= 4 is 5.82 Å². The number of anilines is 1. The molecule has 6 heteroatoms. The molecule has 2 aromatic rings. The molecular formula is C19H23FN4O. The second-order valence-electron chi connectivity index (χ2n) is 7.10. The smallest absolute Gasteiger partial charge is 0.165 e. The second kappa shape index (κ2) is 6.69. The maximum absolute atomic E-state index is 13.8. The van der Waals surface area contributed by atoms with Gasteiger partial charge in [-0.05, 0) is 37.6 Å². The number of hydrogen-bond acceptors (Lipinski definition) is 5. The van der Waals surface area contributed by atoms with Gasteiger partial charge in [-0.1, -0.05) is 6.07 Å². The molecule has 4 heterocycles. The van der Waals surface area contributed by atoms with Crippen LogP contribution in [0.1, 0.15) is 24.2 Å². The Morgan fingerprint density at radius 3 is 3.12 bits per heavy atom. The molecule has 0 unspecified atom stereocenters. The van der Waals surface area contributed by atoms with Crippen LogP contribution in [0.15, 0.2) is 36.5 Å². The van der Waals surface area contributed by atoms with Crippen LogP contribution in [-0.4, -0.2) is 46.2 Å². The van der Waals surface area contributed by atoms with Crippen molar-refractivity contribution in [3.8, 4) is 0 Å². The van der Waals surface area contributed by atoms with E-state index in [0.29, 0.717) is 12.4 Å². The largest absolute Gasteiger partial charge is 0.371 e. The Balaban J connectivity index is 1.36. The van der Waals surface area contributed by atoms with Gasteiger partial charge in [-0.25, -0.2) is 9.37 Å². The number of aryl methyl sites for hydroxylation is 1. The number of hydrogen-bond donors (Lipinski definition) is 1. The minimum absolute atomic E-state index is 0.0986. The topological polar surface area (TPSA) is 50.3 Å². The fraction of sp³-hybridized carbons (Fsp3) is 0.474. The first-order chi connectivity index (χ1) is 12.1. The highest BCUT2D eigenvalue weighted by atomic mass is 19.1. The lowest BCUT2D eigenvalue weighted by molar-refractivity contribution is 0.0119. The molecule has 2 aliphatic rings. The van der Waals surface area contributed by atoms with Crippen LogP contribution >= 0.6 is 0 Å². The van der Waals surface area contributed by atoms with Gasteiger partial charge < -0.3 is 10.1 Å². The average Bonchev–Trinajstić information content (AvgIpc) is 3.16. The molecule has 2 atom stereocenters. The fourth-order valence-electron chi connectivity index (χ4n) is 3.89. The Hall–Kier alpha value is -2.05. The second-order valence-corrected chi connectivity index (χ2v) is 7.10. The monoisotopic (exact) mass is 342 g/mol. The van der Waals surface area contributed by atoms with Crippen molar-refractivity contribution in [2.75, 3.05) is 25.0 Å². The van der Waals surface area contributed by atoms with E-state index in [9.17, 15) is 4.39 Å². The fourth-order valence-corrected chi connectivity index (χ4v) is 3.89. The van der Waals surface area contributed by atoms with Crippen molar-refractivity contribution in [3.63, 3.8) is 0 Å². The maximum Gasteiger partial charge on any atom is 0.165 e. The van der Waals surface area contributed by atoms with Crippen molar-refractivity contribution < 1.29 is 9.13 Å². The molecule has 2 saturated heterocycles. The van der Waals surface area contributed by atoms with Crippen molar-refractivity contribution in [2.45, 2.75) is 38.0 Å². The first-order valence-corrected chi connectivity index (χ1v) is 8.78. The highest BCUT2D eigenvalue weighted by molar-refractivity contribution is 5.37. The number of rotatable bonds is 4. The van der Waals surface area contributed by atoms with Crippen molar-refractivity contribution in [3.05, 3.63) is 53.7 Å². The SMILES string of the molecule is Cc1cccc(CN2CC[C@]3(C[C@@H](Nc4ncccc4F)CO3)C2)n1. The molecule has 0 aliphatic carbocycles. The van der Waals surface area contributed by atoms with Gasteiger partial charge in [0.15, 0.2) is 11.6 Å². The molecule has 5 nitrogen and oxygen atoms in total. The predicted octanol–water partition coefficient (Wildman–Crippen LogP) is 2.77. The summed E-state index contributed by atoms with van der Waals surface area (Å²) in [6, 6.07) is 9.26. The van der Waals surface area contributed by atoms with Crippen molar-refractivity contribution in [1.82, 2.24) is 14.9 Å². The first-order valence-electron chi connectivity index (χ1n) is 8.78. The summed E-state index contributed by atoms with van der Waals surface area (Å²) in [7, 11) is 0. The molecule has 0 aromatic carbocycles. The third kappa shape index (κ3) is 3.65. The Morgan fingerprint density at radius 2 is 2.28 bits per heavy atom. The first kappa shape index (κ1) is 16.4. The van der Waals surface area contributed by atoms with E-state index in [-0.39, 0.29) is 17.5 Å². The van der Waals surface area contributed by atoms with E-state index in [1.165, 1.54) is 6.07 Å². The molecular weight excluding hydrogens is 319 g/mol. The van der Waals surface area contributed by atoms with Gasteiger partial charge in [0.25, 0.3) is 0 Å². The molecule has 2 aromatic heterocycles. The number of pyridine rings is 2. The number of halogens is 1. The van der Waals surface area contributed by atoms with Crippen LogP contribution in [-0.2, 0) is 11.3 Å². The van der Waals surface area contributed by atoms with Crippen LogP contribution < -0.4 is 5.32 Å². The Labute approximate surface area is 147 Å². The lowest BCUT2D eigenvalue weighted by Crippen LogP contribution is -2.33. The summed E-state index contributed by atoms with van der Waals surface area (Å²) >= 11 is 0. The van der Waals surface area contributed by atoms with Crippen LogP contribution in [0, 0.1) is 12.7 Å². The zero-order chi connectivity index (χ0) is 17.3. The quantitative estimate of drug-likeness (QED) is 0.926. The van der Waals surface area contributed by atoms with E-state index in [1.54, 1.807) is 12.3 Å². The molecule has 0 radical (unpaired) electrons. The summed E-state index contributed by atoms with van der Waals surface area (Å²) in [5, 5.41) is 3.19. The number of nitrogens with zero attached hydrogens (tertiary/aromatic N) is 3. The molecule has 132 valence electrons. The Morgan fingerprint density at radius 1 is 1.36 bits per heavy atom. The van der Waals surface area contributed by atoms with E-state index >= 15 is 0 Å². The normalized spacial score (nSPS) is 26.4. The molecule has 1 N–H and O–H groups in total. The van der Waals surface area contributed by atoms with Gasteiger partial charge in [0.05, 0.1) is 23.9 Å². The maximum atomic E-state index is 13.8. The Bertz CT molecular complexity index is 756. The van der Waals surface area contributed by atoms with Gasteiger partial charge >= 0.3 is 0 Å². The highest BCUT2D eigenvalue weighted by Gasteiger charge is 2.45. The number of likely N-dealkylation sites (tertiary alicyclic amines) is 1. The van der Waals surface area contributed by atoms with Gasteiger partial charge in [-0.15, -0.1) is 0 Å². The number of nitrogens with one attached hydrogen (secondary N) is 1. The van der Waals surface area contributed by atoms with Crippen LogP contribution in [0.5, 0.6) is 0 Å². The number of ether oxygens (including phenoxy) is 1. The standard InChI is InChI=1S/C19H23FN4O/c1-14-4-2-5-15(22-14)11-24-9-7-19(13-24)10-16(12-25-19)23-18-17(20)6-3-8-21-18/h2-6,8,16H,7,9-13H2,1H3,(H,21,23)/t16-,19+/m1/s1. The third-order valence-electron chi connectivity index (χ3n) is 5.04. The van der Waals surface area contributed by atoms with E-state index in [1.807, 2.05) is 13.0 Å². The summed E-state index contributed by atoms with van der Waals surface area (Å²) in [5.74, 6) is -0.00557. The van der Waals surface area contributed by atoms with Crippen molar-refractivity contribution in [1.29, 1.82) is 0 Å². The zero-order valence-electron chi connectivity index (χ0n) is 14.4. The number of aromatic nitrogens is 2. The van der Waals surface area contributed by atoms with Crippen LogP contribution in [0.25, 0.3) is 0 Å². The van der Waals surface area contributed by atoms with E-state index in [4.69, 9.17) is 4.74 Å². The minimum atomic E-state index is -0.318. The minimum Gasteiger partial charge on any atom is -0.371 e. The molecule has 4 rings (SSSR count). The van der Waals surface area contributed by atoms with E-state index < -0.39 is 0 Å². The predicted molar refractivity (Wildman–Crippen MR) is 93.8 cm³/mol. The van der Waals surface area contributed by atoms with E-state index in [2.05, 4.69) is 32.3 Å². The summed E-state index contributed by atoms with van der Waals surface area (Å²) in [6.45, 7) is 5.35. The van der Waals surface area contributed by atoms with Crippen molar-refractivity contribution in [2.24, 2.45) is 0 Å². The summed E-state index contributed by atoms with van der Waals surface area (Å²) < 4.78 is 19.9. The molecule has 2 fully saturated rings. The van der Waals surface area contributed by atoms with Crippen LogP contribution in [0.2, 0.25) is 0 Å². The summed E-state index contributed by atoms with van der Waals surface area (Å²) in [4.78, 5) is 11.1. The third-order valence-corrected chi connectivity index (χ3v) is 5.04. The van der Waals surface area contributed by atoms with Gasteiger partial charge in [0.1, 0.15) is 0 Å². The molecule has 25 heavy (non-hydrogen) atoms. The van der Waals surface area contributed by atoms with Gasteiger partial charge in [-0.2, -0.15) is 0 Å².